The van der Waals surface area contributed by atoms with Crippen molar-refractivity contribution in [2.75, 3.05) is 13.1 Å². The van der Waals surface area contributed by atoms with Gasteiger partial charge >= 0.3 is 0 Å². The molecular weight excluding hydrogens is 394 g/mol. The molecule has 3 heterocycles. The van der Waals surface area contributed by atoms with Crippen molar-refractivity contribution >= 4 is 18.3 Å². The van der Waals surface area contributed by atoms with Crippen molar-refractivity contribution in [2.45, 2.75) is 38.3 Å². The SMILES string of the molecule is CC(NC(=O)c1cn(C2CCNCC2)nn1)c1nc(Cc2ccccc2)no1.Cl. The van der Waals surface area contributed by atoms with Crippen molar-refractivity contribution in [3.05, 3.63) is 59.5 Å². The Kier molecular flexibility index (Phi) is 6.95. The molecule has 9 nitrogen and oxygen atoms in total. The Labute approximate surface area is 174 Å². The zero-order valence-corrected chi connectivity index (χ0v) is 16.9. The first-order valence-corrected chi connectivity index (χ1v) is 9.49. The number of hydrogen-bond donors (Lipinski definition) is 2. The fourth-order valence-corrected chi connectivity index (χ4v) is 3.26. The van der Waals surface area contributed by atoms with E-state index in [4.69, 9.17) is 4.52 Å². The molecule has 0 spiro atoms. The molecule has 0 radical (unpaired) electrons. The summed E-state index contributed by atoms with van der Waals surface area (Å²) in [7, 11) is 0. The Morgan fingerprint density at radius 1 is 1.31 bits per heavy atom. The van der Waals surface area contributed by atoms with E-state index in [1.165, 1.54) is 0 Å². The summed E-state index contributed by atoms with van der Waals surface area (Å²) >= 11 is 0. The first kappa shape index (κ1) is 20.9. The Hall–Kier alpha value is -2.78. The predicted octanol–water partition coefficient (Wildman–Crippen LogP) is 2.09. The molecular formula is C19H24ClN7O2. The Morgan fingerprint density at radius 3 is 2.83 bits per heavy atom. The summed E-state index contributed by atoms with van der Waals surface area (Å²) in [6, 6.07) is 9.77. The van der Waals surface area contributed by atoms with Gasteiger partial charge in [-0.15, -0.1) is 17.5 Å². The normalized spacial score (nSPS) is 15.5. The Morgan fingerprint density at radius 2 is 2.07 bits per heavy atom. The summed E-state index contributed by atoms with van der Waals surface area (Å²) in [4.78, 5) is 16.9. The maximum absolute atomic E-state index is 12.5. The van der Waals surface area contributed by atoms with Crippen LogP contribution in [-0.2, 0) is 6.42 Å². The van der Waals surface area contributed by atoms with Crippen LogP contribution in [-0.4, -0.2) is 44.1 Å². The van der Waals surface area contributed by atoms with Crippen LogP contribution in [0.25, 0.3) is 0 Å². The number of nitrogens with zero attached hydrogens (tertiary/aromatic N) is 5. The highest BCUT2D eigenvalue weighted by Crippen LogP contribution is 2.17. The molecule has 0 aliphatic carbocycles. The van der Waals surface area contributed by atoms with Gasteiger partial charge in [0.15, 0.2) is 11.5 Å². The maximum Gasteiger partial charge on any atom is 0.274 e. The third-order valence-electron chi connectivity index (χ3n) is 4.83. The second-order valence-corrected chi connectivity index (χ2v) is 6.97. The molecule has 2 N–H and O–H groups in total. The summed E-state index contributed by atoms with van der Waals surface area (Å²) in [6.45, 7) is 3.70. The molecule has 4 rings (SSSR count). The topological polar surface area (TPSA) is 111 Å². The van der Waals surface area contributed by atoms with Crippen molar-refractivity contribution < 1.29 is 9.32 Å². The monoisotopic (exact) mass is 417 g/mol. The smallest absolute Gasteiger partial charge is 0.274 e. The van der Waals surface area contributed by atoms with Gasteiger partial charge in [-0.1, -0.05) is 40.7 Å². The van der Waals surface area contributed by atoms with Gasteiger partial charge in [-0.3, -0.25) is 4.79 Å². The third-order valence-corrected chi connectivity index (χ3v) is 4.83. The number of amides is 1. The van der Waals surface area contributed by atoms with E-state index in [1.807, 2.05) is 30.3 Å². The van der Waals surface area contributed by atoms with Crippen molar-refractivity contribution in [2.24, 2.45) is 0 Å². The fourth-order valence-electron chi connectivity index (χ4n) is 3.26. The molecule has 10 heteroatoms. The van der Waals surface area contributed by atoms with Gasteiger partial charge in [0.25, 0.3) is 5.91 Å². The van der Waals surface area contributed by atoms with Gasteiger partial charge in [-0.2, -0.15) is 4.98 Å². The minimum atomic E-state index is -0.423. The number of carbonyl (C=O) groups excluding carboxylic acids is 1. The molecule has 1 aliphatic heterocycles. The zero-order valence-electron chi connectivity index (χ0n) is 16.1. The lowest BCUT2D eigenvalue weighted by molar-refractivity contribution is 0.0927. The summed E-state index contributed by atoms with van der Waals surface area (Å²) in [5.41, 5.74) is 1.38. The van der Waals surface area contributed by atoms with Crippen LogP contribution in [0.1, 0.15) is 59.6 Å². The van der Waals surface area contributed by atoms with Gasteiger partial charge in [0, 0.05) is 6.42 Å². The molecule has 1 aliphatic rings. The van der Waals surface area contributed by atoms with Crippen LogP contribution in [0.4, 0.5) is 0 Å². The van der Waals surface area contributed by atoms with E-state index in [1.54, 1.807) is 17.8 Å². The van der Waals surface area contributed by atoms with E-state index in [2.05, 4.69) is 31.1 Å². The molecule has 1 amide bonds. The minimum Gasteiger partial charge on any atom is -0.339 e. The number of aromatic nitrogens is 5. The molecule has 0 saturated carbocycles. The fraction of sp³-hybridized carbons (Fsp3) is 0.421. The highest BCUT2D eigenvalue weighted by molar-refractivity contribution is 5.92. The molecule has 1 fully saturated rings. The molecule has 1 saturated heterocycles. The van der Waals surface area contributed by atoms with Crippen molar-refractivity contribution in [1.29, 1.82) is 0 Å². The van der Waals surface area contributed by atoms with Gasteiger partial charge in [0.05, 0.1) is 12.2 Å². The van der Waals surface area contributed by atoms with Crippen molar-refractivity contribution in [1.82, 2.24) is 35.8 Å². The Bertz CT molecular complexity index is 922. The highest BCUT2D eigenvalue weighted by Gasteiger charge is 2.22. The largest absolute Gasteiger partial charge is 0.339 e. The van der Waals surface area contributed by atoms with Crippen LogP contribution in [0.5, 0.6) is 0 Å². The molecule has 29 heavy (non-hydrogen) atoms. The molecule has 0 bridgehead atoms. The molecule has 1 unspecified atom stereocenters. The summed E-state index contributed by atoms with van der Waals surface area (Å²) in [5.74, 6) is 0.639. The summed E-state index contributed by atoms with van der Waals surface area (Å²) in [5, 5.41) is 18.3. The van der Waals surface area contributed by atoms with Crippen LogP contribution in [0, 0.1) is 0 Å². The van der Waals surface area contributed by atoms with E-state index >= 15 is 0 Å². The summed E-state index contributed by atoms with van der Waals surface area (Å²) in [6.07, 6.45) is 4.24. The van der Waals surface area contributed by atoms with E-state index in [9.17, 15) is 4.79 Å². The second-order valence-electron chi connectivity index (χ2n) is 6.97. The van der Waals surface area contributed by atoms with Gasteiger partial charge in [-0.25, -0.2) is 4.68 Å². The van der Waals surface area contributed by atoms with Gasteiger partial charge in [-0.05, 0) is 38.4 Å². The standard InChI is InChI=1S/C19H23N7O2.ClH/c1-13(19-22-17(24-28-19)11-14-5-3-2-4-6-14)21-18(27)16-12-26(25-23-16)15-7-9-20-10-8-15;/h2-6,12-13,15,20H,7-11H2,1H3,(H,21,27);1H. The highest BCUT2D eigenvalue weighted by atomic mass is 35.5. The van der Waals surface area contributed by atoms with E-state index in [0.29, 0.717) is 18.1 Å². The van der Waals surface area contributed by atoms with Crippen LogP contribution >= 0.6 is 12.4 Å². The van der Waals surface area contributed by atoms with Crippen LogP contribution in [0.15, 0.2) is 41.1 Å². The zero-order chi connectivity index (χ0) is 19.3. The lowest BCUT2D eigenvalue weighted by Gasteiger charge is -2.22. The molecule has 1 atom stereocenters. The van der Waals surface area contributed by atoms with Crippen molar-refractivity contribution in [3.8, 4) is 0 Å². The lowest BCUT2D eigenvalue weighted by atomic mass is 10.1. The average Bonchev–Trinajstić information content (AvgIpc) is 3.39. The van der Waals surface area contributed by atoms with Gasteiger partial charge in [0.2, 0.25) is 5.89 Å². The predicted molar refractivity (Wildman–Crippen MR) is 108 cm³/mol. The summed E-state index contributed by atoms with van der Waals surface area (Å²) < 4.78 is 7.09. The van der Waals surface area contributed by atoms with E-state index < -0.39 is 6.04 Å². The van der Waals surface area contributed by atoms with Crippen LogP contribution in [0.3, 0.4) is 0 Å². The number of carbonyl (C=O) groups is 1. The first-order chi connectivity index (χ1) is 13.7. The van der Waals surface area contributed by atoms with Crippen LogP contribution in [0.2, 0.25) is 0 Å². The van der Waals surface area contributed by atoms with Gasteiger partial charge < -0.3 is 15.2 Å². The van der Waals surface area contributed by atoms with E-state index in [-0.39, 0.29) is 30.0 Å². The number of benzene rings is 1. The van der Waals surface area contributed by atoms with Crippen molar-refractivity contribution in [3.63, 3.8) is 0 Å². The number of rotatable bonds is 6. The number of hydrogen-bond acceptors (Lipinski definition) is 7. The second kappa shape index (κ2) is 9.62. The molecule has 1 aromatic carbocycles. The molecule has 3 aromatic rings. The molecule has 2 aromatic heterocycles. The number of halogens is 1. The lowest BCUT2D eigenvalue weighted by Crippen LogP contribution is -2.29. The first-order valence-electron chi connectivity index (χ1n) is 9.49. The van der Waals surface area contributed by atoms with E-state index in [0.717, 1.165) is 31.5 Å². The minimum absolute atomic E-state index is 0. The number of nitrogens with one attached hydrogen (secondary N) is 2. The average molecular weight is 418 g/mol. The van der Waals surface area contributed by atoms with Crippen LogP contribution < -0.4 is 10.6 Å². The van der Waals surface area contributed by atoms with Gasteiger partial charge in [0.1, 0.15) is 6.04 Å². The third kappa shape index (κ3) is 5.18. The quantitative estimate of drug-likeness (QED) is 0.631. The maximum atomic E-state index is 12.5. The number of piperidine rings is 1. The Balaban J connectivity index is 0.00000240. The molecule has 154 valence electrons.